The zero-order valence-electron chi connectivity index (χ0n) is 18.9. The van der Waals surface area contributed by atoms with E-state index in [4.69, 9.17) is 0 Å². The Morgan fingerprint density at radius 2 is 1.56 bits per heavy atom. The number of anilines is 2. The third kappa shape index (κ3) is 5.50. The number of rotatable bonds is 7. The second kappa shape index (κ2) is 10.7. The van der Waals surface area contributed by atoms with Crippen molar-refractivity contribution in [2.24, 2.45) is 0 Å². The van der Waals surface area contributed by atoms with Crippen molar-refractivity contribution >= 4 is 27.3 Å². The Morgan fingerprint density at radius 3 is 2.24 bits per heavy atom. The molecule has 2 fully saturated rings. The number of hydrogen-bond donors (Lipinski definition) is 1. The summed E-state index contributed by atoms with van der Waals surface area (Å²) >= 11 is 0. The summed E-state index contributed by atoms with van der Waals surface area (Å²) in [5.41, 5.74) is 0.805. The van der Waals surface area contributed by atoms with Crippen molar-refractivity contribution in [1.29, 1.82) is 0 Å². The first kappa shape index (κ1) is 24.4. The number of hydrogen-bond acceptors (Lipinski definition) is 5. The highest BCUT2D eigenvalue weighted by Gasteiger charge is 2.31. The summed E-state index contributed by atoms with van der Waals surface area (Å²) in [6.45, 7) is -0.616. The molecule has 0 unspecified atom stereocenters. The Labute approximate surface area is 198 Å². The van der Waals surface area contributed by atoms with Gasteiger partial charge < -0.3 is 15.0 Å². The van der Waals surface area contributed by atoms with Gasteiger partial charge in [-0.3, -0.25) is 4.79 Å². The van der Waals surface area contributed by atoms with Gasteiger partial charge in [0.15, 0.2) is 0 Å². The van der Waals surface area contributed by atoms with Crippen LogP contribution in [0, 0.1) is 0 Å². The SMILES string of the molecule is O=C(Nc1ccccc1OC(F)F)c1ccc(N2CCCCC2)c(S(=O)(=O)N2CCCCC2)c1. The standard InChI is InChI=1S/C24H29F2N3O4S/c25-24(26)33-21-10-4-3-9-19(21)27-23(30)18-11-12-20(28-13-5-1-6-14-28)22(17-18)34(31,32)29-15-7-2-8-16-29/h3-4,9-12,17,24H,1-2,5-8,13-16H2,(H,27,30). The number of alkyl halides is 2. The van der Waals surface area contributed by atoms with E-state index in [1.165, 1.54) is 28.6 Å². The zero-order chi connectivity index (χ0) is 24.1. The highest BCUT2D eigenvalue weighted by Crippen LogP contribution is 2.33. The first-order chi connectivity index (χ1) is 16.4. The van der Waals surface area contributed by atoms with E-state index >= 15 is 0 Å². The number of benzene rings is 2. The van der Waals surface area contributed by atoms with Crippen molar-refractivity contribution in [2.75, 3.05) is 36.4 Å². The van der Waals surface area contributed by atoms with Gasteiger partial charge in [0.2, 0.25) is 10.0 Å². The normalized spacial score (nSPS) is 17.6. The quantitative estimate of drug-likeness (QED) is 0.605. The van der Waals surface area contributed by atoms with Crippen LogP contribution < -0.4 is 15.0 Å². The average Bonchev–Trinajstić information content (AvgIpc) is 2.85. The van der Waals surface area contributed by atoms with E-state index in [1.807, 2.05) is 0 Å². The third-order valence-electron chi connectivity index (χ3n) is 6.20. The average molecular weight is 494 g/mol. The summed E-state index contributed by atoms with van der Waals surface area (Å²) in [6, 6.07) is 10.5. The Morgan fingerprint density at radius 1 is 0.912 bits per heavy atom. The van der Waals surface area contributed by atoms with Crippen molar-refractivity contribution in [2.45, 2.75) is 50.0 Å². The van der Waals surface area contributed by atoms with Crippen LogP contribution in [0.25, 0.3) is 0 Å². The summed E-state index contributed by atoms with van der Waals surface area (Å²) in [5.74, 6) is -0.775. The van der Waals surface area contributed by atoms with Crippen LogP contribution in [-0.4, -0.2) is 51.4 Å². The summed E-state index contributed by atoms with van der Waals surface area (Å²) < 4.78 is 58.7. The van der Waals surface area contributed by atoms with Gasteiger partial charge in [-0.25, -0.2) is 8.42 Å². The fraction of sp³-hybridized carbons (Fsp3) is 0.458. The van der Waals surface area contributed by atoms with E-state index in [-0.39, 0.29) is 21.9 Å². The molecule has 4 rings (SSSR count). The van der Waals surface area contributed by atoms with Gasteiger partial charge in [-0.2, -0.15) is 13.1 Å². The van der Waals surface area contributed by atoms with Crippen LogP contribution in [0.15, 0.2) is 47.4 Å². The molecule has 2 aromatic rings. The number of ether oxygens (including phenoxy) is 1. The minimum atomic E-state index is -3.81. The Hall–Kier alpha value is -2.72. The van der Waals surface area contributed by atoms with Crippen molar-refractivity contribution in [3.05, 3.63) is 48.0 Å². The molecule has 0 aliphatic carbocycles. The van der Waals surface area contributed by atoms with Crippen molar-refractivity contribution in [3.63, 3.8) is 0 Å². The summed E-state index contributed by atoms with van der Waals surface area (Å²) in [6.07, 6.45) is 5.66. The van der Waals surface area contributed by atoms with Gasteiger partial charge in [-0.1, -0.05) is 18.6 Å². The van der Waals surface area contributed by atoms with E-state index in [2.05, 4.69) is 15.0 Å². The van der Waals surface area contributed by atoms with E-state index in [9.17, 15) is 22.0 Å². The lowest BCUT2D eigenvalue weighted by Crippen LogP contribution is -2.37. The van der Waals surface area contributed by atoms with Crippen LogP contribution in [0.2, 0.25) is 0 Å². The number of carbonyl (C=O) groups is 1. The smallest absolute Gasteiger partial charge is 0.387 e. The first-order valence-electron chi connectivity index (χ1n) is 11.6. The van der Waals surface area contributed by atoms with Crippen molar-refractivity contribution < 1.29 is 26.7 Å². The number of para-hydroxylation sites is 2. The van der Waals surface area contributed by atoms with Gasteiger partial charge in [-0.15, -0.1) is 0 Å². The molecule has 0 aromatic heterocycles. The van der Waals surface area contributed by atoms with Crippen LogP contribution in [0.4, 0.5) is 20.2 Å². The maximum absolute atomic E-state index is 13.6. The number of carbonyl (C=O) groups excluding carboxylic acids is 1. The zero-order valence-corrected chi connectivity index (χ0v) is 19.7. The molecule has 0 radical (unpaired) electrons. The van der Waals surface area contributed by atoms with Crippen LogP contribution in [0.5, 0.6) is 5.75 Å². The maximum atomic E-state index is 13.6. The summed E-state index contributed by atoms with van der Waals surface area (Å²) in [4.78, 5) is 15.2. The molecule has 0 spiro atoms. The molecule has 0 saturated carbocycles. The minimum Gasteiger partial charge on any atom is -0.433 e. The number of sulfonamides is 1. The Balaban J connectivity index is 1.68. The van der Waals surface area contributed by atoms with Crippen LogP contribution in [0.1, 0.15) is 48.9 Å². The lowest BCUT2D eigenvalue weighted by atomic mass is 10.1. The molecule has 0 bridgehead atoms. The number of amides is 1. The fourth-order valence-corrected chi connectivity index (χ4v) is 6.22. The Kier molecular flexibility index (Phi) is 7.67. The summed E-state index contributed by atoms with van der Waals surface area (Å²) in [7, 11) is -3.81. The molecule has 184 valence electrons. The molecule has 2 aliphatic heterocycles. The molecule has 2 aromatic carbocycles. The minimum absolute atomic E-state index is 0.0772. The molecule has 2 heterocycles. The highest BCUT2D eigenvalue weighted by molar-refractivity contribution is 7.89. The van der Waals surface area contributed by atoms with Crippen molar-refractivity contribution in [1.82, 2.24) is 4.31 Å². The largest absolute Gasteiger partial charge is 0.433 e. The molecule has 1 amide bonds. The van der Waals surface area contributed by atoms with Crippen LogP contribution in [-0.2, 0) is 10.0 Å². The van der Waals surface area contributed by atoms with Gasteiger partial charge in [0, 0.05) is 31.7 Å². The lowest BCUT2D eigenvalue weighted by molar-refractivity contribution is -0.0493. The van der Waals surface area contributed by atoms with E-state index in [0.717, 1.165) is 51.6 Å². The molecule has 34 heavy (non-hydrogen) atoms. The monoisotopic (exact) mass is 493 g/mol. The topological polar surface area (TPSA) is 79.0 Å². The predicted octanol–water partition coefficient (Wildman–Crippen LogP) is 4.71. The molecule has 1 N–H and O–H groups in total. The molecule has 2 aliphatic rings. The van der Waals surface area contributed by atoms with Crippen LogP contribution >= 0.6 is 0 Å². The Bertz CT molecular complexity index is 1110. The van der Waals surface area contributed by atoms with Gasteiger partial charge in [0.05, 0.1) is 11.4 Å². The third-order valence-corrected chi connectivity index (χ3v) is 8.13. The second-order valence-electron chi connectivity index (χ2n) is 8.52. The predicted molar refractivity (Wildman–Crippen MR) is 126 cm³/mol. The fourth-order valence-electron chi connectivity index (χ4n) is 4.47. The van der Waals surface area contributed by atoms with E-state index < -0.39 is 22.5 Å². The molecule has 7 nitrogen and oxygen atoms in total. The second-order valence-corrected chi connectivity index (χ2v) is 10.4. The van der Waals surface area contributed by atoms with E-state index in [1.54, 1.807) is 18.2 Å². The van der Waals surface area contributed by atoms with Gasteiger partial charge in [0.1, 0.15) is 10.6 Å². The molecular formula is C24H29F2N3O4S. The number of piperidine rings is 2. The lowest BCUT2D eigenvalue weighted by Gasteiger charge is -2.33. The number of nitrogens with one attached hydrogen (secondary N) is 1. The first-order valence-corrected chi connectivity index (χ1v) is 13.0. The van der Waals surface area contributed by atoms with E-state index in [0.29, 0.717) is 18.8 Å². The van der Waals surface area contributed by atoms with Gasteiger partial charge in [-0.05, 0) is 62.4 Å². The van der Waals surface area contributed by atoms with Crippen molar-refractivity contribution in [3.8, 4) is 5.75 Å². The van der Waals surface area contributed by atoms with Gasteiger partial charge in [0.25, 0.3) is 5.91 Å². The number of nitrogens with zero attached hydrogens (tertiary/aromatic N) is 2. The van der Waals surface area contributed by atoms with Crippen LogP contribution in [0.3, 0.4) is 0 Å². The highest BCUT2D eigenvalue weighted by atomic mass is 32.2. The van der Waals surface area contributed by atoms with Gasteiger partial charge >= 0.3 is 6.61 Å². The molecule has 0 atom stereocenters. The maximum Gasteiger partial charge on any atom is 0.387 e. The number of halogens is 2. The molecular weight excluding hydrogens is 464 g/mol. The molecule has 2 saturated heterocycles. The molecule has 10 heteroatoms. The summed E-state index contributed by atoms with van der Waals surface area (Å²) in [5, 5.41) is 2.57.